The molecule has 0 spiro atoms. The van der Waals surface area contributed by atoms with Gasteiger partial charge in [0.25, 0.3) is 0 Å². The van der Waals surface area contributed by atoms with Crippen molar-refractivity contribution in [2.45, 2.75) is 33.1 Å². The SMILES string of the molecule is CC(=O)c1c(C)[nH]c(-c2nc3nc(N4CCN(C)CC4)ccc3[nH]2)c1-c1ccc(N2CCCCC2)cc1. The second kappa shape index (κ2) is 9.67. The van der Waals surface area contributed by atoms with Gasteiger partial charge in [-0.25, -0.2) is 9.97 Å². The van der Waals surface area contributed by atoms with E-state index in [9.17, 15) is 4.79 Å². The molecule has 2 aliphatic heterocycles. The van der Waals surface area contributed by atoms with Crippen molar-refractivity contribution in [2.24, 2.45) is 0 Å². The minimum absolute atomic E-state index is 0.0432. The van der Waals surface area contributed by atoms with Crippen molar-refractivity contribution in [3.8, 4) is 22.6 Å². The first kappa shape index (κ1) is 23.7. The molecule has 5 heterocycles. The second-order valence-electron chi connectivity index (χ2n) is 10.4. The molecule has 2 N–H and O–H groups in total. The first-order valence-electron chi connectivity index (χ1n) is 13.4. The minimum Gasteiger partial charge on any atom is -0.372 e. The van der Waals surface area contributed by atoms with Gasteiger partial charge >= 0.3 is 0 Å². The Balaban J connectivity index is 1.38. The highest BCUT2D eigenvalue weighted by Gasteiger charge is 2.24. The number of piperazine rings is 1. The molecule has 0 atom stereocenters. The van der Waals surface area contributed by atoms with E-state index in [1.54, 1.807) is 6.92 Å². The van der Waals surface area contributed by atoms with Crippen molar-refractivity contribution in [3.63, 3.8) is 0 Å². The third-order valence-electron chi connectivity index (χ3n) is 7.81. The maximum Gasteiger partial charge on any atom is 0.180 e. The van der Waals surface area contributed by atoms with E-state index in [0.29, 0.717) is 17.0 Å². The molecule has 0 aliphatic carbocycles. The number of benzene rings is 1. The number of aryl methyl sites for hydroxylation is 1. The van der Waals surface area contributed by atoms with E-state index in [1.807, 2.05) is 6.92 Å². The lowest BCUT2D eigenvalue weighted by molar-refractivity contribution is 0.101. The predicted octanol–water partition coefficient (Wildman–Crippen LogP) is 4.87. The van der Waals surface area contributed by atoms with E-state index >= 15 is 0 Å². The monoisotopic (exact) mass is 497 g/mol. The maximum absolute atomic E-state index is 12.8. The van der Waals surface area contributed by atoms with Crippen LogP contribution in [-0.4, -0.2) is 76.9 Å². The normalized spacial score (nSPS) is 17.1. The van der Waals surface area contributed by atoms with Gasteiger partial charge in [0, 0.05) is 61.8 Å². The van der Waals surface area contributed by atoms with E-state index in [2.05, 4.69) is 68.1 Å². The summed E-state index contributed by atoms with van der Waals surface area (Å²) in [6, 6.07) is 12.8. The molecular formula is C29H35N7O. The summed E-state index contributed by atoms with van der Waals surface area (Å²) in [6.07, 6.45) is 3.80. The van der Waals surface area contributed by atoms with Crippen molar-refractivity contribution in [1.82, 2.24) is 24.8 Å². The van der Waals surface area contributed by atoms with Crippen LogP contribution in [0.1, 0.15) is 42.2 Å². The van der Waals surface area contributed by atoms with Crippen LogP contribution in [0.5, 0.6) is 0 Å². The summed E-state index contributed by atoms with van der Waals surface area (Å²) in [5.41, 5.74) is 7.12. The summed E-state index contributed by atoms with van der Waals surface area (Å²) in [4.78, 5) is 36.5. The molecule has 0 bridgehead atoms. The molecule has 0 saturated carbocycles. The van der Waals surface area contributed by atoms with Crippen molar-refractivity contribution in [1.29, 1.82) is 0 Å². The molecular weight excluding hydrogens is 462 g/mol. The number of aromatic amines is 2. The molecule has 1 aromatic carbocycles. The summed E-state index contributed by atoms with van der Waals surface area (Å²) in [5, 5.41) is 0. The number of anilines is 2. The fourth-order valence-electron chi connectivity index (χ4n) is 5.74. The summed E-state index contributed by atoms with van der Waals surface area (Å²) < 4.78 is 0. The first-order valence-corrected chi connectivity index (χ1v) is 13.4. The molecule has 2 aliphatic rings. The van der Waals surface area contributed by atoms with Crippen LogP contribution in [0.4, 0.5) is 11.5 Å². The van der Waals surface area contributed by atoms with Gasteiger partial charge in [-0.2, -0.15) is 0 Å². The number of carbonyl (C=O) groups excluding carboxylic acids is 1. The number of Topliss-reactive ketones (excluding diaryl/α,β-unsaturated/α-hetero) is 1. The highest BCUT2D eigenvalue weighted by molar-refractivity contribution is 6.05. The van der Waals surface area contributed by atoms with Gasteiger partial charge in [0.05, 0.1) is 11.2 Å². The third kappa shape index (κ3) is 4.50. The zero-order valence-electron chi connectivity index (χ0n) is 22.0. The van der Waals surface area contributed by atoms with Crippen molar-refractivity contribution >= 4 is 28.5 Å². The summed E-state index contributed by atoms with van der Waals surface area (Å²) in [5.74, 6) is 1.70. The van der Waals surface area contributed by atoms with E-state index in [1.165, 1.54) is 24.9 Å². The standard InChI is InChI=1S/C29H35N7O/c1-19-25(20(2)37)26(21-7-9-22(10-8-21)35-13-5-4-6-14-35)27(30-19)29-31-23-11-12-24(32-28(23)33-29)36-17-15-34(3)16-18-36/h7-12,30H,4-6,13-18H2,1-3H3,(H,31,32,33). The zero-order chi connectivity index (χ0) is 25.5. The van der Waals surface area contributed by atoms with Crippen molar-refractivity contribution < 1.29 is 4.79 Å². The summed E-state index contributed by atoms with van der Waals surface area (Å²) in [6.45, 7) is 9.78. The fourth-order valence-corrected chi connectivity index (χ4v) is 5.74. The Hall–Kier alpha value is -3.65. The topological polar surface area (TPSA) is 84.1 Å². The second-order valence-corrected chi connectivity index (χ2v) is 10.4. The van der Waals surface area contributed by atoms with Crippen molar-refractivity contribution in [2.75, 3.05) is 56.1 Å². The van der Waals surface area contributed by atoms with Crippen LogP contribution in [-0.2, 0) is 0 Å². The third-order valence-corrected chi connectivity index (χ3v) is 7.81. The number of H-pyrrole nitrogens is 2. The van der Waals surface area contributed by atoms with Gasteiger partial charge in [0.2, 0.25) is 0 Å². The Labute approximate surface area is 217 Å². The molecule has 8 heteroatoms. The lowest BCUT2D eigenvalue weighted by Crippen LogP contribution is -2.44. The molecule has 0 amide bonds. The Kier molecular flexibility index (Phi) is 6.20. The van der Waals surface area contributed by atoms with Crippen molar-refractivity contribution in [3.05, 3.63) is 47.7 Å². The number of nitrogens with zero attached hydrogens (tertiary/aromatic N) is 5. The molecule has 192 valence electrons. The number of rotatable bonds is 5. The molecule has 6 rings (SSSR count). The highest BCUT2D eigenvalue weighted by atomic mass is 16.1. The van der Waals surface area contributed by atoms with E-state index < -0.39 is 0 Å². The van der Waals surface area contributed by atoms with Crippen LogP contribution in [0.15, 0.2) is 36.4 Å². The number of carbonyl (C=O) groups is 1. The van der Waals surface area contributed by atoms with Gasteiger partial charge in [-0.1, -0.05) is 12.1 Å². The van der Waals surface area contributed by atoms with E-state index in [-0.39, 0.29) is 5.78 Å². The smallest absolute Gasteiger partial charge is 0.180 e. The van der Waals surface area contributed by atoms with E-state index in [0.717, 1.165) is 73.1 Å². The molecule has 4 aromatic rings. The van der Waals surface area contributed by atoms with Crippen LogP contribution in [0.2, 0.25) is 0 Å². The van der Waals surface area contributed by atoms with Gasteiger partial charge in [-0.05, 0) is 70.0 Å². The van der Waals surface area contributed by atoms with E-state index in [4.69, 9.17) is 9.97 Å². The number of nitrogens with one attached hydrogen (secondary N) is 2. The number of hydrogen-bond acceptors (Lipinski definition) is 6. The fraction of sp³-hybridized carbons (Fsp3) is 0.414. The summed E-state index contributed by atoms with van der Waals surface area (Å²) >= 11 is 0. The number of piperidine rings is 1. The molecule has 3 aromatic heterocycles. The lowest BCUT2D eigenvalue weighted by Gasteiger charge is -2.33. The Bertz CT molecular complexity index is 1420. The average Bonchev–Trinajstić information content (AvgIpc) is 3.50. The number of aromatic nitrogens is 4. The Morgan fingerprint density at radius 3 is 2.27 bits per heavy atom. The number of hydrogen-bond donors (Lipinski definition) is 2. The number of ketones is 1. The van der Waals surface area contributed by atoms with Gasteiger partial charge in [0.15, 0.2) is 17.3 Å². The molecule has 37 heavy (non-hydrogen) atoms. The number of fused-ring (bicyclic) bond motifs is 1. The number of pyridine rings is 1. The first-order chi connectivity index (χ1) is 18.0. The molecule has 2 saturated heterocycles. The number of imidazole rings is 1. The number of likely N-dealkylation sites (N-methyl/N-ethyl adjacent to an activating group) is 1. The summed E-state index contributed by atoms with van der Waals surface area (Å²) in [7, 11) is 2.15. The van der Waals surface area contributed by atoms with Gasteiger partial charge in [-0.15, -0.1) is 0 Å². The zero-order valence-corrected chi connectivity index (χ0v) is 22.0. The molecule has 0 unspecified atom stereocenters. The largest absolute Gasteiger partial charge is 0.372 e. The molecule has 8 nitrogen and oxygen atoms in total. The van der Waals surface area contributed by atoms with Crippen LogP contribution in [0.3, 0.4) is 0 Å². The van der Waals surface area contributed by atoms with Crippen LogP contribution in [0, 0.1) is 6.92 Å². The molecule has 0 radical (unpaired) electrons. The lowest BCUT2D eigenvalue weighted by atomic mass is 9.97. The highest BCUT2D eigenvalue weighted by Crippen LogP contribution is 2.37. The van der Waals surface area contributed by atoms with Crippen LogP contribution < -0.4 is 9.80 Å². The maximum atomic E-state index is 12.8. The average molecular weight is 498 g/mol. The Morgan fingerprint density at radius 1 is 0.838 bits per heavy atom. The Morgan fingerprint density at radius 2 is 1.57 bits per heavy atom. The van der Waals surface area contributed by atoms with Gasteiger partial charge in [-0.3, -0.25) is 4.79 Å². The van der Waals surface area contributed by atoms with Crippen LogP contribution >= 0.6 is 0 Å². The molecule has 2 fully saturated rings. The predicted molar refractivity (Wildman–Crippen MR) is 150 cm³/mol. The van der Waals surface area contributed by atoms with Crippen LogP contribution in [0.25, 0.3) is 33.8 Å². The minimum atomic E-state index is 0.0432. The van der Waals surface area contributed by atoms with Gasteiger partial charge < -0.3 is 24.7 Å². The van der Waals surface area contributed by atoms with Gasteiger partial charge in [0.1, 0.15) is 5.82 Å². The quantitative estimate of drug-likeness (QED) is 0.383.